The highest BCUT2D eigenvalue weighted by molar-refractivity contribution is 6.29. The van der Waals surface area contributed by atoms with Gasteiger partial charge in [0.05, 0.1) is 12.0 Å². The Morgan fingerprint density at radius 1 is 1.05 bits per heavy atom. The summed E-state index contributed by atoms with van der Waals surface area (Å²) in [5.41, 5.74) is 0.648. The predicted octanol–water partition coefficient (Wildman–Crippen LogP) is 2.69. The molecule has 0 unspecified atom stereocenters. The Bertz CT molecular complexity index is 854. The van der Waals surface area contributed by atoms with Crippen molar-refractivity contribution in [1.29, 1.82) is 0 Å². The Morgan fingerprint density at radius 3 is 2.36 bits per heavy atom. The molecule has 0 spiro atoms. The maximum atomic E-state index is 12.6. The van der Waals surface area contributed by atoms with Gasteiger partial charge in [-0.15, -0.1) is 0 Å². The van der Waals surface area contributed by atoms with Crippen LogP contribution in [0.3, 0.4) is 0 Å². The maximum absolute atomic E-state index is 12.6. The molecule has 0 amide bonds. The minimum absolute atomic E-state index is 0.0660. The van der Waals surface area contributed by atoms with Gasteiger partial charge in [-0.3, -0.25) is 19.7 Å². The monoisotopic (exact) mass is 297 g/mol. The van der Waals surface area contributed by atoms with Gasteiger partial charge in [-0.2, -0.15) is 0 Å². The van der Waals surface area contributed by atoms with Crippen molar-refractivity contribution in [1.82, 2.24) is 0 Å². The average molecular weight is 297 g/mol. The van der Waals surface area contributed by atoms with Crippen molar-refractivity contribution in [2.45, 2.75) is 6.92 Å². The quantitative estimate of drug-likeness (QED) is 0.536. The van der Waals surface area contributed by atoms with Crippen molar-refractivity contribution in [2.24, 2.45) is 0 Å². The first-order chi connectivity index (χ1) is 10.5. The molecule has 2 aromatic carbocycles. The lowest BCUT2D eigenvalue weighted by molar-refractivity contribution is -0.385. The SMILES string of the molecule is COc1cc2c(cc1C)C(=O)c1cccc([N+](=O)[O-])c1C2=O. The van der Waals surface area contributed by atoms with Crippen LogP contribution in [0.4, 0.5) is 5.69 Å². The van der Waals surface area contributed by atoms with E-state index in [-0.39, 0.29) is 33.7 Å². The van der Waals surface area contributed by atoms with Gasteiger partial charge in [-0.25, -0.2) is 0 Å². The van der Waals surface area contributed by atoms with Crippen LogP contribution in [0.5, 0.6) is 5.75 Å². The van der Waals surface area contributed by atoms with Crippen LogP contribution < -0.4 is 4.74 Å². The van der Waals surface area contributed by atoms with Crippen LogP contribution in [0.25, 0.3) is 0 Å². The molecule has 1 aliphatic rings. The highest BCUT2D eigenvalue weighted by Gasteiger charge is 2.35. The molecule has 1 aliphatic carbocycles. The largest absolute Gasteiger partial charge is 0.496 e. The van der Waals surface area contributed by atoms with Gasteiger partial charge >= 0.3 is 0 Å². The summed E-state index contributed by atoms with van der Waals surface area (Å²) in [5, 5.41) is 11.1. The molecule has 0 heterocycles. The van der Waals surface area contributed by atoms with Crippen LogP contribution in [0, 0.1) is 17.0 Å². The third kappa shape index (κ3) is 1.81. The molecule has 0 saturated carbocycles. The highest BCUT2D eigenvalue weighted by atomic mass is 16.6. The molecule has 0 atom stereocenters. The topological polar surface area (TPSA) is 86.5 Å². The second kappa shape index (κ2) is 4.77. The van der Waals surface area contributed by atoms with E-state index in [1.165, 1.54) is 31.4 Å². The van der Waals surface area contributed by atoms with Gasteiger partial charge in [0.25, 0.3) is 5.69 Å². The molecule has 6 nitrogen and oxygen atoms in total. The van der Waals surface area contributed by atoms with Crippen LogP contribution in [-0.2, 0) is 0 Å². The lowest BCUT2D eigenvalue weighted by Gasteiger charge is -2.19. The fourth-order valence-electron chi connectivity index (χ4n) is 2.68. The Labute approximate surface area is 125 Å². The number of fused-ring (bicyclic) bond motifs is 2. The maximum Gasteiger partial charge on any atom is 0.281 e. The summed E-state index contributed by atoms with van der Waals surface area (Å²) in [7, 11) is 1.46. The summed E-state index contributed by atoms with van der Waals surface area (Å²) < 4.78 is 5.16. The van der Waals surface area contributed by atoms with Gasteiger partial charge in [0.1, 0.15) is 11.3 Å². The molecule has 6 heteroatoms. The number of nitrogens with zero attached hydrogens (tertiary/aromatic N) is 1. The smallest absolute Gasteiger partial charge is 0.281 e. The van der Waals surface area contributed by atoms with E-state index < -0.39 is 10.7 Å². The highest BCUT2D eigenvalue weighted by Crippen LogP contribution is 2.35. The van der Waals surface area contributed by atoms with Gasteiger partial charge in [-0.05, 0) is 30.7 Å². The first-order valence-electron chi connectivity index (χ1n) is 6.51. The molecule has 0 bridgehead atoms. The van der Waals surface area contributed by atoms with Gasteiger partial charge in [-0.1, -0.05) is 6.07 Å². The molecule has 0 fully saturated rings. The van der Waals surface area contributed by atoms with E-state index in [4.69, 9.17) is 4.74 Å². The molecule has 3 rings (SSSR count). The van der Waals surface area contributed by atoms with Crippen LogP contribution in [0.15, 0.2) is 30.3 Å². The number of nitro benzene ring substituents is 1. The Morgan fingerprint density at radius 2 is 1.73 bits per heavy atom. The number of methoxy groups -OCH3 is 1. The zero-order valence-electron chi connectivity index (χ0n) is 11.9. The number of carbonyl (C=O) groups excluding carboxylic acids is 2. The third-order valence-electron chi connectivity index (χ3n) is 3.74. The minimum atomic E-state index is -0.652. The van der Waals surface area contributed by atoms with Crippen LogP contribution in [0.1, 0.15) is 37.4 Å². The van der Waals surface area contributed by atoms with Gasteiger partial charge in [0.2, 0.25) is 5.78 Å². The van der Waals surface area contributed by atoms with Crippen LogP contribution in [-0.4, -0.2) is 23.6 Å². The van der Waals surface area contributed by atoms with Crippen molar-refractivity contribution >= 4 is 17.3 Å². The Hall–Kier alpha value is -3.02. The van der Waals surface area contributed by atoms with Gasteiger partial charge in [0, 0.05) is 22.8 Å². The lowest BCUT2D eigenvalue weighted by atomic mass is 9.82. The minimum Gasteiger partial charge on any atom is -0.496 e. The summed E-state index contributed by atoms with van der Waals surface area (Å²) in [6.07, 6.45) is 0. The van der Waals surface area contributed by atoms with Crippen LogP contribution >= 0.6 is 0 Å². The number of ketones is 2. The van der Waals surface area contributed by atoms with Crippen molar-refractivity contribution in [2.75, 3.05) is 7.11 Å². The first-order valence-corrected chi connectivity index (χ1v) is 6.51. The predicted molar refractivity (Wildman–Crippen MR) is 77.7 cm³/mol. The number of hydrogen-bond acceptors (Lipinski definition) is 5. The van der Waals surface area contributed by atoms with E-state index in [9.17, 15) is 19.7 Å². The molecule has 0 radical (unpaired) electrons. The molecule has 0 aliphatic heterocycles. The summed E-state index contributed by atoms with van der Waals surface area (Å²) in [4.78, 5) is 35.7. The zero-order chi connectivity index (χ0) is 16.0. The van der Waals surface area contributed by atoms with E-state index in [0.717, 1.165) is 5.56 Å². The summed E-state index contributed by atoms with van der Waals surface area (Å²) in [6.45, 7) is 1.76. The van der Waals surface area contributed by atoms with E-state index in [1.807, 2.05) is 0 Å². The molecule has 0 saturated heterocycles. The molecular weight excluding hydrogens is 286 g/mol. The number of nitro groups is 1. The van der Waals surface area contributed by atoms with Crippen molar-refractivity contribution < 1.29 is 19.2 Å². The standard InChI is InChI=1S/C16H11NO5/c1-8-6-10-11(7-13(8)22-2)16(19)14-9(15(10)18)4-3-5-12(14)17(20)21/h3-7H,1-2H3. The number of aryl methyl sites for hydroxylation is 1. The molecule has 110 valence electrons. The van der Waals surface area contributed by atoms with Gasteiger partial charge in [0.15, 0.2) is 5.78 Å². The van der Waals surface area contributed by atoms with Crippen molar-refractivity contribution in [3.8, 4) is 5.75 Å². The second-order valence-corrected chi connectivity index (χ2v) is 4.98. The molecular formula is C16H11NO5. The number of ether oxygens (including phenoxy) is 1. The van der Waals surface area contributed by atoms with E-state index in [2.05, 4.69) is 0 Å². The fourth-order valence-corrected chi connectivity index (χ4v) is 2.68. The molecule has 0 aromatic heterocycles. The zero-order valence-corrected chi connectivity index (χ0v) is 11.9. The summed E-state index contributed by atoms with van der Waals surface area (Å²) >= 11 is 0. The fraction of sp³-hybridized carbons (Fsp3) is 0.125. The molecule has 2 aromatic rings. The lowest BCUT2D eigenvalue weighted by Crippen LogP contribution is -2.22. The average Bonchev–Trinajstić information content (AvgIpc) is 2.51. The number of rotatable bonds is 2. The first kappa shape index (κ1) is 13.9. The normalized spacial score (nSPS) is 12.6. The van der Waals surface area contributed by atoms with Crippen molar-refractivity contribution in [3.63, 3.8) is 0 Å². The van der Waals surface area contributed by atoms with Crippen molar-refractivity contribution in [3.05, 3.63) is 68.3 Å². The second-order valence-electron chi connectivity index (χ2n) is 4.98. The number of carbonyl (C=O) groups is 2. The van der Waals surface area contributed by atoms with E-state index in [0.29, 0.717) is 5.75 Å². The van der Waals surface area contributed by atoms with Gasteiger partial charge < -0.3 is 4.74 Å². The Balaban J connectivity index is 2.33. The summed E-state index contributed by atoms with van der Waals surface area (Å²) in [6, 6.07) is 7.11. The number of hydrogen-bond donors (Lipinski definition) is 0. The number of benzene rings is 2. The van der Waals surface area contributed by atoms with Crippen LogP contribution in [0.2, 0.25) is 0 Å². The molecule has 22 heavy (non-hydrogen) atoms. The van der Waals surface area contributed by atoms with E-state index in [1.54, 1.807) is 13.0 Å². The third-order valence-corrected chi connectivity index (χ3v) is 3.74. The van der Waals surface area contributed by atoms with E-state index >= 15 is 0 Å². The Kier molecular flexibility index (Phi) is 3.02. The molecule has 0 N–H and O–H groups in total. The summed E-state index contributed by atoms with van der Waals surface area (Å²) in [5.74, 6) is -0.462.